The zero-order chi connectivity index (χ0) is 26.5. The quantitative estimate of drug-likeness (QED) is 0.153. The number of hydrogen-bond acceptors (Lipinski definition) is 16. The highest BCUT2D eigenvalue weighted by molar-refractivity contribution is 5.05. The molecule has 1 spiro atoms. The second-order valence-electron chi connectivity index (χ2n) is 9.72. The molecule has 16 nitrogen and oxygen atoms in total. The first-order chi connectivity index (χ1) is 17.0. The summed E-state index contributed by atoms with van der Waals surface area (Å²) >= 11 is 0. The largest absolute Gasteiger partial charge is 0.395 e. The van der Waals surface area contributed by atoms with Crippen molar-refractivity contribution in [1.82, 2.24) is 5.32 Å². The summed E-state index contributed by atoms with van der Waals surface area (Å²) in [6.45, 7) is -1.33. The summed E-state index contributed by atoms with van der Waals surface area (Å²) in [5, 5.41) is 85.6. The Labute approximate surface area is 206 Å². The molecule has 3 saturated heterocycles. The monoisotopic (exact) mass is 527 g/mol. The average Bonchev–Trinajstić information content (AvgIpc) is 3.27. The highest BCUT2D eigenvalue weighted by atomic mass is 16.9. The number of nitrogens with two attached hydrogens (primary N) is 2. The van der Waals surface area contributed by atoms with E-state index < -0.39 is 111 Å². The molecule has 16 heteroatoms. The number of hydrogen-bond donors (Lipinski definition) is 11. The molecule has 4 rings (SSSR count). The summed E-state index contributed by atoms with van der Waals surface area (Å²) < 4.78 is 28.7. The van der Waals surface area contributed by atoms with E-state index in [0.29, 0.717) is 0 Å². The highest BCUT2D eigenvalue weighted by Gasteiger charge is 2.67. The number of aliphatic hydroxyl groups is 8. The Morgan fingerprint density at radius 2 is 1.61 bits per heavy atom. The van der Waals surface area contributed by atoms with Gasteiger partial charge in [0.2, 0.25) is 0 Å². The third-order valence-corrected chi connectivity index (χ3v) is 7.42. The van der Waals surface area contributed by atoms with Crippen molar-refractivity contribution in [1.29, 1.82) is 0 Å². The van der Waals surface area contributed by atoms with Gasteiger partial charge in [-0.1, -0.05) is 0 Å². The maximum atomic E-state index is 10.7. The van der Waals surface area contributed by atoms with Gasteiger partial charge in [-0.15, -0.1) is 0 Å². The Bertz CT molecular complexity index is 756. The number of fused-ring (bicyclic) bond motifs is 1. The number of rotatable bonds is 6. The Hall–Kier alpha value is -0.640. The van der Waals surface area contributed by atoms with Gasteiger partial charge in [-0.25, -0.2) is 0 Å². The molecule has 13 N–H and O–H groups in total. The van der Waals surface area contributed by atoms with Crippen LogP contribution in [0.5, 0.6) is 0 Å². The van der Waals surface area contributed by atoms with Crippen LogP contribution in [0.2, 0.25) is 0 Å². The van der Waals surface area contributed by atoms with E-state index in [1.807, 2.05) is 0 Å². The van der Waals surface area contributed by atoms with Crippen LogP contribution in [-0.2, 0) is 23.7 Å². The molecule has 16 atom stereocenters. The Balaban J connectivity index is 1.62. The zero-order valence-corrected chi connectivity index (χ0v) is 19.6. The minimum atomic E-state index is -2.48. The van der Waals surface area contributed by atoms with Gasteiger partial charge in [-0.2, -0.15) is 0 Å². The van der Waals surface area contributed by atoms with E-state index in [1.165, 1.54) is 0 Å². The molecule has 0 aromatic carbocycles. The van der Waals surface area contributed by atoms with Crippen molar-refractivity contribution in [3.8, 4) is 0 Å². The van der Waals surface area contributed by atoms with E-state index >= 15 is 0 Å². The molecule has 1 aliphatic carbocycles. The first-order valence-electron chi connectivity index (χ1n) is 11.8. The molecule has 0 aromatic rings. The van der Waals surface area contributed by atoms with Crippen LogP contribution in [0.1, 0.15) is 6.42 Å². The second kappa shape index (κ2) is 10.9. The zero-order valence-electron chi connectivity index (χ0n) is 19.6. The van der Waals surface area contributed by atoms with E-state index in [0.717, 1.165) is 0 Å². The molecule has 0 radical (unpaired) electrons. The Kier molecular flexibility index (Phi) is 8.55. The van der Waals surface area contributed by atoms with Gasteiger partial charge in [0.25, 0.3) is 0 Å². The smallest absolute Gasteiger partial charge is 0.314 e. The van der Waals surface area contributed by atoms with Gasteiger partial charge < -0.3 is 81.3 Å². The standard InChI is InChI=1S/C20H37N3O13/c1-23-7-2-5(21)9(26)15(10(7)27)33-19-17-16(11(28)8(4-25)32-19)35-20(36-17)18(31)13(30)12(29)14(34-20)6(22)3-24/h5-19,23-31H,2-4,21-22H2,1H3/t5-,6-,7+,8+,9-,10-,11+,12-,13+,14-,15+,16+,17-,18+,19+,20-/m0/s1. The van der Waals surface area contributed by atoms with Crippen LogP contribution >= 0.6 is 0 Å². The first-order valence-corrected chi connectivity index (χ1v) is 11.8. The van der Waals surface area contributed by atoms with Crippen molar-refractivity contribution in [3.05, 3.63) is 0 Å². The lowest BCUT2D eigenvalue weighted by molar-refractivity contribution is -0.439. The van der Waals surface area contributed by atoms with Gasteiger partial charge in [0.15, 0.2) is 12.4 Å². The van der Waals surface area contributed by atoms with E-state index in [9.17, 15) is 40.9 Å². The lowest BCUT2D eigenvalue weighted by Gasteiger charge is -2.46. The van der Waals surface area contributed by atoms with Gasteiger partial charge >= 0.3 is 5.97 Å². The minimum Gasteiger partial charge on any atom is -0.395 e. The maximum absolute atomic E-state index is 10.7. The summed E-state index contributed by atoms with van der Waals surface area (Å²) in [7, 11) is 1.60. The normalized spacial score (nSPS) is 54.4. The Morgan fingerprint density at radius 1 is 0.944 bits per heavy atom. The molecule has 4 fully saturated rings. The van der Waals surface area contributed by atoms with Gasteiger partial charge in [0.05, 0.1) is 31.5 Å². The molecule has 0 bridgehead atoms. The van der Waals surface area contributed by atoms with Crippen LogP contribution in [0.3, 0.4) is 0 Å². The summed E-state index contributed by atoms with van der Waals surface area (Å²) in [4.78, 5) is 0. The first kappa shape index (κ1) is 28.4. The van der Waals surface area contributed by atoms with Crippen molar-refractivity contribution in [2.75, 3.05) is 20.3 Å². The Morgan fingerprint density at radius 3 is 2.22 bits per heavy atom. The van der Waals surface area contributed by atoms with E-state index in [4.69, 9.17) is 35.2 Å². The number of likely N-dealkylation sites (N-methyl/N-ethyl adjacent to an activating group) is 1. The molecule has 0 unspecified atom stereocenters. The minimum absolute atomic E-state index is 0.254. The molecule has 0 amide bonds. The fraction of sp³-hybridized carbons (Fsp3) is 1.00. The second-order valence-corrected chi connectivity index (χ2v) is 9.72. The van der Waals surface area contributed by atoms with Gasteiger partial charge in [0.1, 0.15) is 48.8 Å². The molecule has 36 heavy (non-hydrogen) atoms. The van der Waals surface area contributed by atoms with Crippen molar-refractivity contribution in [3.63, 3.8) is 0 Å². The lowest BCUT2D eigenvalue weighted by atomic mass is 9.84. The third-order valence-electron chi connectivity index (χ3n) is 7.42. The van der Waals surface area contributed by atoms with E-state index in [2.05, 4.69) is 5.32 Å². The predicted octanol–water partition coefficient (Wildman–Crippen LogP) is -7.27. The van der Waals surface area contributed by atoms with E-state index in [-0.39, 0.29) is 6.42 Å². The van der Waals surface area contributed by atoms with Gasteiger partial charge in [-0.3, -0.25) is 0 Å². The number of aliphatic hydroxyl groups excluding tert-OH is 8. The van der Waals surface area contributed by atoms with Crippen molar-refractivity contribution in [2.24, 2.45) is 11.5 Å². The van der Waals surface area contributed by atoms with Gasteiger partial charge in [-0.05, 0) is 13.5 Å². The SMILES string of the molecule is CN[C@@H]1C[C@H](N)[C@H](O)[C@@H](O[C@H]2O[C@H](CO)[C@@H](O)[C@H]3O[C@@]4(O[C@H]23)O[C@@H]([C@@H](N)CO)[C@@H](O)[C@@H](O)[C@H]4O)[C@H]1O. The fourth-order valence-corrected chi connectivity index (χ4v) is 5.23. The average molecular weight is 528 g/mol. The number of ether oxygens (including phenoxy) is 5. The lowest BCUT2D eigenvalue weighted by Crippen LogP contribution is -2.69. The highest BCUT2D eigenvalue weighted by Crippen LogP contribution is 2.45. The fourth-order valence-electron chi connectivity index (χ4n) is 5.23. The van der Waals surface area contributed by atoms with Crippen LogP contribution in [0, 0.1) is 0 Å². The van der Waals surface area contributed by atoms with Crippen LogP contribution in [0.15, 0.2) is 0 Å². The molecule has 1 saturated carbocycles. The van der Waals surface area contributed by atoms with Crippen molar-refractivity contribution >= 4 is 0 Å². The summed E-state index contributed by atoms with van der Waals surface area (Å²) in [5.74, 6) is -2.48. The predicted molar refractivity (Wildman–Crippen MR) is 115 cm³/mol. The molecule has 210 valence electrons. The van der Waals surface area contributed by atoms with Crippen molar-refractivity contribution < 1.29 is 64.5 Å². The topological polar surface area (TPSA) is 272 Å². The molecule has 3 aliphatic heterocycles. The third kappa shape index (κ3) is 4.68. The molecule has 4 aliphatic rings. The van der Waals surface area contributed by atoms with Crippen LogP contribution in [-0.4, -0.2) is 159 Å². The van der Waals surface area contributed by atoms with Crippen molar-refractivity contribution in [2.45, 2.75) is 104 Å². The number of nitrogens with one attached hydrogen (secondary N) is 1. The summed E-state index contributed by atoms with van der Waals surface area (Å²) in [6, 6.07) is -2.50. The van der Waals surface area contributed by atoms with Crippen LogP contribution in [0.25, 0.3) is 0 Å². The van der Waals surface area contributed by atoms with Gasteiger partial charge in [0, 0.05) is 12.1 Å². The molecule has 3 heterocycles. The summed E-state index contributed by atoms with van der Waals surface area (Å²) in [5.41, 5.74) is 11.8. The molecular weight excluding hydrogens is 490 g/mol. The van der Waals surface area contributed by atoms with Crippen LogP contribution < -0.4 is 16.8 Å². The maximum Gasteiger partial charge on any atom is 0.314 e. The molecular formula is C20H37N3O13. The summed E-state index contributed by atoms with van der Waals surface area (Å²) in [6.07, 6.45) is -17.7. The van der Waals surface area contributed by atoms with E-state index in [1.54, 1.807) is 7.05 Å². The van der Waals surface area contributed by atoms with Crippen LogP contribution in [0.4, 0.5) is 0 Å². The molecule has 0 aromatic heterocycles.